The topological polar surface area (TPSA) is 76.0 Å². The maximum Gasteiger partial charge on any atom is 0.195 e. The fourth-order valence-electron chi connectivity index (χ4n) is 3.81. The molecule has 0 bridgehead atoms. The van der Waals surface area contributed by atoms with Crippen LogP contribution in [0.15, 0.2) is 36.4 Å². The number of hydrogen-bond acceptors (Lipinski definition) is 5. The second kappa shape index (κ2) is 10.4. The SMILES string of the molecule is CCC(CC)(c1ccc(OCCO)c(C)c1)c1ccc(OCC(=O)CO)c(C)c1. The van der Waals surface area contributed by atoms with Gasteiger partial charge in [0.25, 0.3) is 0 Å². The average Bonchev–Trinajstić information content (AvgIpc) is 2.73. The molecule has 0 aliphatic heterocycles. The number of aliphatic hydroxyl groups excluding tert-OH is 2. The molecule has 0 aliphatic carbocycles. The van der Waals surface area contributed by atoms with E-state index in [0.717, 1.165) is 29.7 Å². The van der Waals surface area contributed by atoms with Crippen LogP contribution in [0.4, 0.5) is 0 Å². The van der Waals surface area contributed by atoms with E-state index in [1.54, 1.807) is 0 Å². The summed E-state index contributed by atoms with van der Waals surface area (Å²) in [6, 6.07) is 12.3. The van der Waals surface area contributed by atoms with Gasteiger partial charge in [-0.25, -0.2) is 0 Å². The van der Waals surface area contributed by atoms with Crippen LogP contribution < -0.4 is 9.47 Å². The molecule has 0 atom stereocenters. The van der Waals surface area contributed by atoms with Crippen LogP contribution in [0, 0.1) is 13.8 Å². The van der Waals surface area contributed by atoms with Crippen LogP contribution in [-0.4, -0.2) is 42.4 Å². The minimum absolute atomic E-state index is 0.00729. The van der Waals surface area contributed by atoms with Gasteiger partial charge in [-0.1, -0.05) is 38.1 Å². The van der Waals surface area contributed by atoms with Crippen LogP contribution >= 0.6 is 0 Å². The first-order chi connectivity index (χ1) is 13.9. The largest absolute Gasteiger partial charge is 0.491 e. The molecular weight excluding hydrogens is 368 g/mol. The van der Waals surface area contributed by atoms with Crippen molar-refractivity contribution in [3.63, 3.8) is 0 Å². The van der Waals surface area contributed by atoms with Crippen molar-refractivity contribution in [3.8, 4) is 11.5 Å². The molecule has 29 heavy (non-hydrogen) atoms. The number of carbonyl (C=O) groups is 1. The van der Waals surface area contributed by atoms with Crippen molar-refractivity contribution < 1.29 is 24.5 Å². The first-order valence-corrected chi connectivity index (χ1v) is 10.1. The second-order valence-electron chi connectivity index (χ2n) is 7.31. The highest BCUT2D eigenvalue weighted by molar-refractivity contribution is 5.80. The minimum Gasteiger partial charge on any atom is -0.491 e. The summed E-state index contributed by atoms with van der Waals surface area (Å²) in [4.78, 5) is 11.3. The number of rotatable bonds is 11. The minimum atomic E-state index is -0.511. The van der Waals surface area contributed by atoms with E-state index in [4.69, 9.17) is 19.7 Å². The molecule has 2 aromatic rings. The Labute approximate surface area is 173 Å². The van der Waals surface area contributed by atoms with Crippen molar-refractivity contribution in [1.82, 2.24) is 0 Å². The van der Waals surface area contributed by atoms with Gasteiger partial charge in [-0.15, -0.1) is 0 Å². The lowest BCUT2D eigenvalue weighted by molar-refractivity contribution is -0.123. The monoisotopic (exact) mass is 400 g/mol. The molecular formula is C24H32O5. The molecule has 0 fully saturated rings. The number of benzene rings is 2. The summed E-state index contributed by atoms with van der Waals surface area (Å²) in [7, 11) is 0. The number of ketones is 1. The van der Waals surface area contributed by atoms with Crippen molar-refractivity contribution in [1.29, 1.82) is 0 Å². The molecule has 0 unspecified atom stereocenters. The smallest absolute Gasteiger partial charge is 0.195 e. The van der Waals surface area contributed by atoms with E-state index < -0.39 is 6.61 Å². The zero-order valence-corrected chi connectivity index (χ0v) is 17.8. The lowest BCUT2D eigenvalue weighted by Crippen LogP contribution is -2.26. The van der Waals surface area contributed by atoms with Crippen LogP contribution in [0.25, 0.3) is 0 Å². The Bertz CT molecular complexity index is 824. The zero-order valence-electron chi connectivity index (χ0n) is 17.8. The predicted molar refractivity (Wildman–Crippen MR) is 114 cm³/mol. The van der Waals surface area contributed by atoms with Gasteiger partial charge in [-0.05, 0) is 61.1 Å². The predicted octanol–water partition coefficient (Wildman–Crippen LogP) is 3.72. The third-order valence-electron chi connectivity index (χ3n) is 5.58. The molecule has 158 valence electrons. The fourth-order valence-corrected chi connectivity index (χ4v) is 3.81. The molecule has 0 amide bonds. The van der Waals surface area contributed by atoms with E-state index in [0.29, 0.717) is 5.75 Å². The second-order valence-corrected chi connectivity index (χ2v) is 7.31. The molecule has 2 rings (SSSR count). The number of aliphatic hydroxyl groups is 2. The molecule has 5 nitrogen and oxygen atoms in total. The summed E-state index contributed by atoms with van der Waals surface area (Å²) < 4.78 is 11.2. The van der Waals surface area contributed by atoms with E-state index in [1.165, 1.54) is 11.1 Å². The summed E-state index contributed by atoms with van der Waals surface area (Å²) in [5.74, 6) is 1.10. The van der Waals surface area contributed by atoms with Gasteiger partial charge in [-0.2, -0.15) is 0 Å². The summed E-state index contributed by atoms with van der Waals surface area (Å²) in [5, 5.41) is 17.9. The Balaban J connectivity index is 2.38. The summed E-state index contributed by atoms with van der Waals surface area (Å²) in [6.07, 6.45) is 1.87. The molecule has 0 saturated heterocycles. The molecule has 2 N–H and O–H groups in total. The molecule has 0 heterocycles. The lowest BCUT2D eigenvalue weighted by atomic mass is 9.70. The Hall–Kier alpha value is -2.37. The van der Waals surface area contributed by atoms with Crippen LogP contribution in [0.5, 0.6) is 11.5 Å². The molecule has 0 saturated carbocycles. The third kappa shape index (κ3) is 5.17. The van der Waals surface area contributed by atoms with Gasteiger partial charge in [0, 0.05) is 5.41 Å². The molecule has 2 aromatic carbocycles. The maximum atomic E-state index is 11.3. The van der Waals surface area contributed by atoms with E-state index in [1.807, 2.05) is 26.0 Å². The Morgan fingerprint density at radius 1 is 0.897 bits per heavy atom. The highest BCUT2D eigenvalue weighted by Crippen LogP contribution is 2.41. The van der Waals surface area contributed by atoms with Crippen LogP contribution in [0.1, 0.15) is 48.9 Å². The van der Waals surface area contributed by atoms with Gasteiger partial charge in [0.15, 0.2) is 5.78 Å². The van der Waals surface area contributed by atoms with E-state index in [-0.39, 0.29) is 31.0 Å². The molecule has 0 radical (unpaired) electrons. The maximum absolute atomic E-state index is 11.3. The van der Waals surface area contributed by atoms with Crippen LogP contribution in [0.2, 0.25) is 0 Å². The van der Waals surface area contributed by atoms with Crippen LogP contribution in [-0.2, 0) is 10.2 Å². The highest BCUT2D eigenvalue weighted by Gasteiger charge is 2.31. The first-order valence-electron chi connectivity index (χ1n) is 10.1. The van der Waals surface area contributed by atoms with Gasteiger partial charge in [0.1, 0.15) is 31.3 Å². The van der Waals surface area contributed by atoms with E-state index in [2.05, 4.69) is 38.1 Å². The Kier molecular flexibility index (Phi) is 8.23. The van der Waals surface area contributed by atoms with Gasteiger partial charge >= 0.3 is 0 Å². The Morgan fingerprint density at radius 3 is 1.83 bits per heavy atom. The molecule has 0 aliphatic rings. The van der Waals surface area contributed by atoms with E-state index in [9.17, 15) is 4.79 Å². The highest BCUT2D eigenvalue weighted by atomic mass is 16.5. The molecule has 0 aromatic heterocycles. The normalized spacial score (nSPS) is 11.4. The van der Waals surface area contributed by atoms with Crippen molar-refractivity contribution >= 4 is 5.78 Å². The number of hydrogen-bond donors (Lipinski definition) is 2. The summed E-state index contributed by atoms with van der Waals surface area (Å²) >= 11 is 0. The molecule has 0 spiro atoms. The molecule has 5 heteroatoms. The van der Waals surface area contributed by atoms with Crippen molar-refractivity contribution in [2.75, 3.05) is 26.4 Å². The number of aryl methyl sites for hydroxylation is 2. The zero-order chi connectivity index (χ0) is 21.4. The fraction of sp³-hybridized carbons (Fsp3) is 0.458. The van der Waals surface area contributed by atoms with Crippen molar-refractivity contribution in [3.05, 3.63) is 58.7 Å². The number of carbonyl (C=O) groups excluding carboxylic acids is 1. The lowest BCUT2D eigenvalue weighted by Gasteiger charge is -2.34. The number of ether oxygens (including phenoxy) is 2. The quantitative estimate of drug-likeness (QED) is 0.601. The summed E-state index contributed by atoms with van der Waals surface area (Å²) in [5.41, 5.74) is 4.27. The van der Waals surface area contributed by atoms with E-state index >= 15 is 0 Å². The van der Waals surface area contributed by atoms with Gasteiger partial charge in [-0.3, -0.25) is 4.79 Å². The number of Topliss-reactive ketones (excluding diaryl/α,β-unsaturated/α-hetero) is 1. The third-order valence-corrected chi connectivity index (χ3v) is 5.58. The average molecular weight is 401 g/mol. The Morgan fingerprint density at radius 2 is 1.41 bits per heavy atom. The standard InChI is InChI=1S/C24H32O5/c1-5-24(6-2,19-7-9-22(17(3)13-19)28-12-11-25)20-8-10-23(18(4)14-20)29-16-21(27)15-26/h7-10,13-14,25-26H,5-6,11-12,15-16H2,1-4H3. The van der Waals surface area contributed by atoms with Crippen molar-refractivity contribution in [2.45, 2.75) is 46.0 Å². The van der Waals surface area contributed by atoms with Crippen LogP contribution in [0.3, 0.4) is 0 Å². The van der Waals surface area contributed by atoms with Gasteiger partial charge in [0.05, 0.1) is 6.61 Å². The van der Waals surface area contributed by atoms with Gasteiger partial charge < -0.3 is 19.7 Å². The van der Waals surface area contributed by atoms with Gasteiger partial charge in [0.2, 0.25) is 0 Å². The van der Waals surface area contributed by atoms with Crippen molar-refractivity contribution in [2.24, 2.45) is 0 Å². The first kappa shape index (κ1) is 22.9. The summed E-state index contributed by atoms with van der Waals surface area (Å²) in [6.45, 7) is 8.01.